The molecular weight excluding hydrogens is 282 g/mol. The molecule has 0 amide bonds. The van der Waals surface area contributed by atoms with E-state index in [1.54, 1.807) is 0 Å². The highest BCUT2D eigenvalue weighted by atomic mass is 35.5. The zero-order chi connectivity index (χ0) is 14.7. The highest BCUT2D eigenvalue weighted by molar-refractivity contribution is 6.34. The van der Waals surface area contributed by atoms with Crippen LogP contribution in [-0.4, -0.2) is 0 Å². The molecule has 1 aromatic heterocycles. The monoisotopic (exact) mass is 299 g/mol. The molecule has 2 aromatic carbocycles. The summed E-state index contributed by atoms with van der Waals surface area (Å²) < 4.78 is 5.81. The smallest absolute Gasteiger partial charge is 0.152 e. The highest BCUT2D eigenvalue weighted by Gasteiger charge is 2.13. The van der Waals surface area contributed by atoms with Crippen molar-refractivity contribution in [2.45, 2.75) is 25.3 Å². The van der Waals surface area contributed by atoms with Gasteiger partial charge in [-0.25, -0.2) is 0 Å². The Morgan fingerprint density at radius 1 is 1.05 bits per heavy atom. The zero-order valence-corrected chi connectivity index (χ0v) is 12.5. The van der Waals surface area contributed by atoms with Gasteiger partial charge in [-0.3, -0.25) is 0 Å². The minimum absolute atomic E-state index is 0.0859. The Balaban J connectivity index is 1.64. The Bertz CT molecular complexity index is 720. The summed E-state index contributed by atoms with van der Waals surface area (Å²) in [6.45, 7) is 0. The zero-order valence-electron chi connectivity index (χ0n) is 11.8. The molecular formula is C18H18ClNO. The molecule has 1 unspecified atom stereocenters. The van der Waals surface area contributed by atoms with E-state index in [1.807, 2.05) is 30.3 Å². The van der Waals surface area contributed by atoms with E-state index >= 15 is 0 Å². The second-order valence-electron chi connectivity index (χ2n) is 5.29. The maximum Gasteiger partial charge on any atom is 0.152 e. The number of rotatable bonds is 5. The summed E-state index contributed by atoms with van der Waals surface area (Å²) in [6.07, 6.45) is 2.97. The molecule has 0 bridgehead atoms. The Kier molecular flexibility index (Phi) is 4.28. The van der Waals surface area contributed by atoms with Crippen LogP contribution in [0.1, 0.15) is 30.2 Å². The van der Waals surface area contributed by atoms with Crippen LogP contribution in [0.5, 0.6) is 0 Å². The van der Waals surface area contributed by atoms with Crippen molar-refractivity contribution in [2.75, 3.05) is 0 Å². The summed E-state index contributed by atoms with van der Waals surface area (Å²) >= 11 is 6.12. The molecule has 0 radical (unpaired) electrons. The minimum Gasteiger partial charge on any atom is -0.458 e. The molecule has 3 heteroatoms. The summed E-state index contributed by atoms with van der Waals surface area (Å²) in [5.41, 5.74) is 8.31. The Morgan fingerprint density at radius 3 is 2.62 bits per heavy atom. The number of halogens is 1. The molecule has 3 rings (SSSR count). The fourth-order valence-electron chi connectivity index (χ4n) is 2.54. The largest absolute Gasteiger partial charge is 0.458 e. The van der Waals surface area contributed by atoms with E-state index in [0.29, 0.717) is 5.02 Å². The fraction of sp³-hybridized carbons (Fsp3) is 0.222. The van der Waals surface area contributed by atoms with Gasteiger partial charge in [-0.05, 0) is 37.0 Å². The minimum atomic E-state index is -0.0859. The Morgan fingerprint density at radius 2 is 1.86 bits per heavy atom. The van der Waals surface area contributed by atoms with Crippen LogP contribution in [0, 0.1) is 0 Å². The van der Waals surface area contributed by atoms with Gasteiger partial charge in [0, 0.05) is 5.39 Å². The third-order valence-corrected chi connectivity index (χ3v) is 4.00. The normalized spacial score (nSPS) is 12.7. The van der Waals surface area contributed by atoms with E-state index in [9.17, 15) is 0 Å². The molecule has 0 aliphatic heterocycles. The van der Waals surface area contributed by atoms with E-state index in [0.717, 1.165) is 36.0 Å². The van der Waals surface area contributed by atoms with Gasteiger partial charge in [0.25, 0.3) is 0 Å². The summed E-state index contributed by atoms with van der Waals surface area (Å²) in [5, 5.41) is 1.64. The van der Waals surface area contributed by atoms with Crippen molar-refractivity contribution in [3.8, 4) is 0 Å². The van der Waals surface area contributed by atoms with Gasteiger partial charge in [0.2, 0.25) is 0 Å². The summed E-state index contributed by atoms with van der Waals surface area (Å²) in [4.78, 5) is 0. The van der Waals surface area contributed by atoms with E-state index in [4.69, 9.17) is 21.8 Å². The first-order valence-electron chi connectivity index (χ1n) is 7.21. The van der Waals surface area contributed by atoms with Crippen molar-refractivity contribution in [1.82, 2.24) is 0 Å². The second-order valence-corrected chi connectivity index (χ2v) is 5.70. The first-order chi connectivity index (χ1) is 10.2. The van der Waals surface area contributed by atoms with Gasteiger partial charge in [-0.15, -0.1) is 0 Å². The van der Waals surface area contributed by atoms with Crippen LogP contribution in [0.2, 0.25) is 5.02 Å². The molecule has 0 aliphatic rings. The van der Waals surface area contributed by atoms with E-state index in [2.05, 4.69) is 24.3 Å². The number of fused-ring (bicyclic) bond motifs is 1. The lowest BCUT2D eigenvalue weighted by Gasteiger charge is -2.08. The Hall–Kier alpha value is -1.77. The molecule has 1 heterocycles. The molecule has 0 saturated heterocycles. The molecule has 0 aliphatic carbocycles. The van der Waals surface area contributed by atoms with Gasteiger partial charge in [0.1, 0.15) is 5.76 Å². The van der Waals surface area contributed by atoms with Crippen molar-refractivity contribution in [3.63, 3.8) is 0 Å². The molecule has 108 valence electrons. The molecule has 2 N–H and O–H groups in total. The third kappa shape index (κ3) is 3.29. The molecule has 1 atom stereocenters. The predicted octanol–water partition coefficient (Wildman–Crippen LogP) is 5.11. The van der Waals surface area contributed by atoms with Crippen molar-refractivity contribution in [3.05, 3.63) is 70.9 Å². The first kappa shape index (κ1) is 14.2. The van der Waals surface area contributed by atoms with E-state index < -0.39 is 0 Å². The topological polar surface area (TPSA) is 39.2 Å². The maximum absolute atomic E-state index is 6.24. The number of hydrogen-bond donors (Lipinski definition) is 1. The van der Waals surface area contributed by atoms with Crippen molar-refractivity contribution < 1.29 is 4.42 Å². The molecule has 3 aromatic rings. The van der Waals surface area contributed by atoms with Gasteiger partial charge in [0.05, 0.1) is 11.1 Å². The summed E-state index contributed by atoms with van der Waals surface area (Å²) in [5.74, 6) is 0.811. The standard InChI is InChI=1S/C18H18ClNO/c19-15-10-5-9-14-12-17(21-18(14)15)16(20)11-4-8-13-6-2-1-3-7-13/h1-3,5-7,9-10,12,16H,4,8,11,20H2. The third-order valence-electron chi connectivity index (χ3n) is 3.70. The number of para-hydroxylation sites is 1. The summed E-state index contributed by atoms with van der Waals surface area (Å²) in [7, 11) is 0. The van der Waals surface area contributed by atoms with Gasteiger partial charge in [0.15, 0.2) is 5.58 Å². The van der Waals surface area contributed by atoms with Crippen molar-refractivity contribution in [2.24, 2.45) is 5.73 Å². The molecule has 2 nitrogen and oxygen atoms in total. The number of benzene rings is 2. The average Bonchev–Trinajstić information content (AvgIpc) is 2.94. The van der Waals surface area contributed by atoms with Crippen LogP contribution >= 0.6 is 11.6 Å². The van der Waals surface area contributed by atoms with Gasteiger partial charge in [-0.2, -0.15) is 0 Å². The SMILES string of the molecule is NC(CCCc1ccccc1)c1cc2cccc(Cl)c2o1. The number of hydrogen-bond acceptors (Lipinski definition) is 2. The lowest BCUT2D eigenvalue weighted by atomic mass is 10.0. The Labute approximate surface area is 129 Å². The maximum atomic E-state index is 6.24. The van der Waals surface area contributed by atoms with Crippen LogP contribution in [0.15, 0.2) is 59.0 Å². The summed E-state index contributed by atoms with van der Waals surface area (Å²) in [6, 6.07) is 18.1. The predicted molar refractivity (Wildman–Crippen MR) is 87.5 cm³/mol. The fourth-order valence-corrected chi connectivity index (χ4v) is 2.76. The van der Waals surface area contributed by atoms with Crippen LogP contribution in [0.25, 0.3) is 11.0 Å². The molecule has 21 heavy (non-hydrogen) atoms. The van der Waals surface area contributed by atoms with Crippen LogP contribution in [0.4, 0.5) is 0 Å². The quantitative estimate of drug-likeness (QED) is 0.711. The average molecular weight is 300 g/mol. The van der Waals surface area contributed by atoms with E-state index in [1.165, 1.54) is 5.56 Å². The number of aryl methyl sites for hydroxylation is 1. The first-order valence-corrected chi connectivity index (χ1v) is 7.59. The van der Waals surface area contributed by atoms with Crippen LogP contribution < -0.4 is 5.73 Å². The van der Waals surface area contributed by atoms with E-state index in [-0.39, 0.29) is 6.04 Å². The number of furan rings is 1. The molecule has 0 saturated carbocycles. The lowest BCUT2D eigenvalue weighted by Crippen LogP contribution is -2.09. The van der Waals surface area contributed by atoms with Gasteiger partial charge in [-0.1, -0.05) is 54.1 Å². The highest BCUT2D eigenvalue weighted by Crippen LogP contribution is 2.30. The molecule has 0 spiro atoms. The van der Waals surface area contributed by atoms with Crippen molar-refractivity contribution in [1.29, 1.82) is 0 Å². The lowest BCUT2D eigenvalue weighted by molar-refractivity contribution is 0.469. The molecule has 0 fully saturated rings. The second kappa shape index (κ2) is 6.33. The van der Waals surface area contributed by atoms with Crippen molar-refractivity contribution >= 4 is 22.6 Å². The van der Waals surface area contributed by atoms with Gasteiger partial charge < -0.3 is 10.2 Å². The van der Waals surface area contributed by atoms with Crippen LogP contribution in [-0.2, 0) is 6.42 Å². The van der Waals surface area contributed by atoms with Crippen LogP contribution in [0.3, 0.4) is 0 Å². The van der Waals surface area contributed by atoms with Gasteiger partial charge >= 0.3 is 0 Å². The number of nitrogens with two attached hydrogens (primary N) is 1.